The van der Waals surface area contributed by atoms with Crippen molar-refractivity contribution in [3.05, 3.63) is 29.8 Å². The number of benzene rings is 1. The largest absolute Gasteiger partial charge is 0.372 e. The summed E-state index contributed by atoms with van der Waals surface area (Å²) in [6.07, 6.45) is 0.536. The highest BCUT2D eigenvalue weighted by molar-refractivity contribution is 6.00. The molecule has 2 N–H and O–H groups in total. The fraction of sp³-hybridized carbons (Fsp3) is 0.500. The molecule has 0 heterocycles. The van der Waals surface area contributed by atoms with E-state index in [-0.39, 0.29) is 18.2 Å². The van der Waals surface area contributed by atoms with E-state index >= 15 is 0 Å². The van der Waals surface area contributed by atoms with Crippen molar-refractivity contribution in [3.63, 3.8) is 0 Å². The average Bonchev–Trinajstić information content (AvgIpc) is 2.60. The minimum absolute atomic E-state index is 0.116. The van der Waals surface area contributed by atoms with E-state index in [1.54, 1.807) is 13.8 Å². The van der Waals surface area contributed by atoms with Crippen LogP contribution >= 0.6 is 0 Å². The third kappa shape index (κ3) is 6.81. The third-order valence-electron chi connectivity index (χ3n) is 3.66. The van der Waals surface area contributed by atoms with E-state index in [4.69, 9.17) is 0 Å². The topological polar surface area (TPSA) is 73.8 Å². The molecular weight excluding hydrogens is 304 g/mol. The molecule has 1 aromatic carbocycles. The lowest BCUT2D eigenvalue weighted by Crippen LogP contribution is -2.26. The molecule has 24 heavy (non-hydrogen) atoms. The quantitative estimate of drug-likeness (QED) is 0.539. The first-order chi connectivity index (χ1) is 11.5. The van der Waals surface area contributed by atoms with Gasteiger partial charge in [-0.25, -0.2) is 5.43 Å². The van der Waals surface area contributed by atoms with E-state index in [2.05, 4.69) is 46.7 Å². The number of amides is 2. The lowest BCUT2D eigenvalue weighted by atomic mass is 10.2. The molecule has 0 bridgehead atoms. The van der Waals surface area contributed by atoms with E-state index in [0.717, 1.165) is 18.7 Å². The molecule has 0 saturated carbocycles. The van der Waals surface area contributed by atoms with Gasteiger partial charge < -0.3 is 10.2 Å². The van der Waals surface area contributed by atoms with Crippen LogP contribution < -0.4 is 15.6 Å². The molecule has 0 aliphatic rings. The summed E-state index contributed by atoms with van der Waals surface area (Å²) in [5.41, 5.74) is 5.21. The predicted octanol–water partition coefficient (Wildman–Crippen LogP) is 2.44. The molecule has 0 aliphatic carbocycles. The number of anilines is 1. The molecule has 0 radical (unpaired) electrons. The first kappa shape index (κ1) is 19.7. The Morgan fingerprint density at radius 2 is 1.67 bits per heavy atom. The zero-order valence-electron chi connectivity index (χ0n) is 15.1. The van der Waals surface area contributed by atoms with Crippen LogP contribution in [0.15, 0.2) is 29.4 Å². The van der Waals surface area contributed by atoms with E-state index in [9.17, 15) is 9.59 Å². The first-order valence-electron chi connectivity index (χ1n) is 8.42. The molecule has 6 heteroatoms. The zero-order chi connectivity index (χ0) is 17.9. The van der Waals surface area contributed by atoms with Gasteiger partial charge in [-0.2, -0.15) is 5.10 Å². The Morgan fingerprint density at radius 1 is 1.04 bits per heavy atom. The molecule has 0 fully saturated rings. The molecule has 0 aromatic heterocycles. The van der Waals surface area contributed by atoms with Crippen LogP contribution in [0.1, 0.15) is 46.1 Å². The summed E-state index contributed by atoms with van der Waals surface area (Å²) in [7, 11) is 0. The molecule has 1 rings (SSSR count). The Balaban J connectivity index is 2.45. The van der Waals surface area contributed by atoms with Gasteiger partial charge in [-0.05, 0) is 38.5 Å². The highest BCUT2D eigenvalue weighted by atomic mass is 16.2. The molecule has 6 nitrogen and oxygen atoms in total. The maximum Gasteiger partial charge on any atom is 0.239 e. The van der Waals surface area contributed by atoms with Crippen molar-refractivity contribution in [3.8, 4) is 0 Å². The predicted molar refractivity (Wildman–Crippen MR) is 98.0 cm³/mol. The standard InChI is InChI=1S/C18H28N4O2/c1-5-17(23)21-20-14(4)12-18(24)19-13-15-8-10-16(11-9-15)22(6-2)7-3/h8-11H,5-7,12-13H2,1-4H3,(H,19,24)(H,21,23). The molecule has 1 aromatic rings. The molecule has 0 atom stereocenters. The fourth-order valence-corrected chi connectivity index (χ4v) is 2.19. The Hall–Kier alpha value is -2.37. The van der Waals surface area contributed by atoms with Gasteiger partial charge in [-0.3, -0.25) is 9.59 Å². The Morgan fingerprint density at radius 3 is 2.21 bits per heavy atom. The summed E-state index contributed by atoms with van der Waals surface area (Å²) in [4.78, 5) is 25.3. The summed E-state index contributed by atoms with van der Waals surface area (Å²) in [6, 6.07) is 8.19. The van der Waals surface area contributed by atoms with Crippen molar-refractivity contribution in [2.75, 3.05) is 18.0 Å². The van der Waals surface area contributed by atoms with Crippen LogP contribution in [0.3, 0.4) is 0 Å². The lowest BCUT2D eigenvalue weighted by molar-refractivity contribution is -0.121. The zero-order valence-corrected chi connectivity index (χ0v) is 15.1. The number of rotatable bonds is 9. The second-order valence-electron chi connectivity index (χ2n) is 5.53. The van der Waals surface area contributed by atoms with Crippen LogP contribution in [0.5, 0.6) is 0 Å². The lowest BCUT2D eigenvalue weighted by Gasteiger charge is -2.21. The molecule has 0 aliphatic heterocycles. The average molecular weight is 332 g/mol. The summed E-state index contributed by atoms with van der Waals surface area (Å²) < 4.78 is 0. The SMILES string of the molecule is CCC(=O)NN=C(C)CC(=O)NCc1ccc(N(CC)CC)cc1. The molecular formula is C18H28N4O2. The third-order valence-corrected chi connectivity index (χ3v) is 3.66. The number of nitrogens with zero attached hydrogens (tertiary/aromatic N) is 2. The van der Waals surface area contributed by atoms with E-state index in [1.165, 1.54) is 5.69 Å². The van der Waals surface area contributed by atoms with Gasteiger partial charge in [-0.15, -0.1) is 0 Å². The van der Waals surface area contributed by atoms with E-state index in [0.29, 0.717) is 18.7 Å². The van der Waals surface area contributed by atoms with Crippen LogP contribution in [-0.2, 0) is 16.1 Å². The van der Waals surface area contributed by atoms with Crippen LogP contribution in [0.2, 0.25) is 0 Å². The summed E-state index contributed by atoms with van der Waals surface area (Å²) in [6.45, 7) is 10.1. The number of hydrogen-bond acceptors (Lipinski definition) is 4. The van der Waals surface area contributed by atoms with Gasteiger partial charge in [0.05, 0.1) is 6.42 Å². The minimum Gasteiger partial charge on any atom is -0.372 e. The van der Waals surface area contributed by atoms with E-state index in [1.807, 2.05) is 12.1 Å². The smallest absolute Gasteiger partial charge is 0.239 e. The molecule has 132 valence electrons. The highest BCUT2D eigenvalue weighted by Crippen LogP contribution is 2.14. The second kappa shape index (κ2) is 10.4. The Labute approximate surface area is 144 Å². The molecule has 0 saturated heterocycles. The van der Waals surface area contributed by atoms with Gasteiger partial charge in [0.15, 0.2) is 0 Å². The van der Waals surface area contributed by atoms with Crippen molar-refractivity contribution in [2.45, 2.75) is 47.1 Å². The van der Waals surface area contributed by atoms with Crippen LogP contribution in [0.4, 0.5) is 5.69 Å². The number of carbonyl (C=O) groups is 2. The van der Waals surface area contributed by atoms with Gasteiger partial charge in [-0.1, -0.05) is 19.1 Å². The van der Waals surface area contributed by atoms with Gasteiger partial charge in [0.1, 0.15) is 0 Å². The van der Waals surface area contributed by atoms with Crippen molar-refractivity contribution < 1.29 is 9.59 Å². The van der Waals surface area contributed by atoms with Gasteiger partial charge in [0, 0.05) is 37.5 Å². The Bertz CT molecular complexity index is 563. The molecule has 2 amide bonds. The number of nitrogens with one attached hydrogen (secondary N) is 2. The number of carbonyl (C=O) groups excluding carboxylic acids is 2. The fourth-order valence-electron chi connectivity index (χ4n) is 2.19. The van der Waals surface area contributed by atoms with Crippen LogP contribution in [-0.4, -0.2) is 30.6 Å². The monoisotopic (exact) mass is 332 g/mol. The van der Waals surface area contributed by atoms with E-state index < -0.39 is 0 Å². The summed E-state index contributed by atoms with van der Waals surface area (Å²) in [5.74, 6) is -0.280. The maximum atomic E-state index is 11.9. The number of hydrogen-bond donors (Lipinski definition) is 2. The summed E-state index contributed by atoms with van der Waals surface area (Å²) >= 11 is 0. The van der Waals surface area contributed by atoms with Crippen molar-refractivity contribution in [1.29, 1.82) is 0 Å². The van der Waals surface area contributed by atoms with Gasteiger partial charge in [0.2, 0.25) is 11.8 Å². The van der Waals surface area contributed by atoms with Crippen molar-refractivity contribution in [2.24, 2.45) is 5.10 Å². The van der Waals surface area contributed by atoms with Crippen molar-refractivity contribution in [1.82, 2.24) is 10.7 Å². The highest BCUT2D eigenvalue weighted by Gasteiger charge is 2.05. The Kier molecular flexibility index (Phi) is 8.54. The van der Waals surface area contributed by atoms with Crippen LogP contribution in [0, 0.1) is 0 Å². The van der Waals surface area contributed by atoms with Gasteiger partial charge in [0.25, 0.3) is 0 Å². The normalized spacial score (nSPS) is 11.1. The minimum atomic E-state index is -0.164. The maximum absolute atomic E-state index is 11.9. The van der Waals surface area contributed by atoms with Gasteiger partial charge >= 0.3 is 0 Å². The molecule has 0 spiro atoms. The van der Waals surface area contributed by atoms with Crippen LogP contribution in [0.25, 0.3) is 0 Å². The second-order valence-corrected chi connectivity index (χ2v) is 5.53. The van der Waals surface area contributed by atoms with Crippen molar-refractivity contribution >= 4 is 23.2 Å². The number of hydrazone groups is 1. The summed E-state index contributed by atoms with van der Waals surface area (Å²) in [5, 5.41) is 6.75. The molecule has 0 unspecified atom stereocenters. The first-order valence-corrected chi connectivity index (χ1v) is 8.42.